The summed E-state index contributed by atoms with van der Waals surface area (Å²) in [5.74, 6) is 0.0559. The van der Waals surface area contributed by atoms with Gasteiger partial charge in [-0.3, -0.25) is 0 Å². The van der Waals surface area contributed by atoms with Crippen LogP contribution in [-0.4, -0.2) is 36.0 Å². The summed E-state index contributed by atoms with van der Waals surface area (Å²) >= 11 is 0. The van der Waals surface area contributed by atoms with Crippen LogP contribution < -0.4 is 10.6 Å². The average Bonchev–Trinajstić information content (AvgIpc) is 2.71. The van der Waals surface area contributed by atoms with Gasteiger partial charge in [0, 0.05) is 0 Å². The Morgan fingerprint density at radius 3 is 1.81 bits per heavy atom. The Morgan fingerprint density at radius 1 is 0.839 bits per heavy atom. The van der Waals surface area contributed by atoms with Crippen LogP contribution in [0.2, 0.25) is 0 Å². The topological polar surface area (TPSA) is 58.2 Å². The van der Waals surface area contributed by atoms with E-state index in [9.17, 15) is 9.59 Å². The number of amides is 2. The van der Waals surface area contributed by atoms with E-state index in [0.717, 1.165) is 46.0 Å². The molecule has 2 N–H and O–H groups in total. The molecule has 2 aromatic rings. The first-order valence-corrected chi connectivity index (χ1v) is 14.0. The maximum atomic E-state index is 13.3. The first-order chi connectivity index (χ1) is 14.5. The van der Waals surface area contributed by atoms with Gasteiger partial charge < -0.3 is 0 Å². The van der Waals surface area contributed by atoms with Crippen LogP contribution in [0.15, 0.2) is 30.3 Å². The van der Waals surface area contributed by atoms with Gasteiger partial charge in [0.15, 0.2) is 0 Å². The van der Waals surface area contributed by atoms with E-state index in [0.29, 0.717) is 6.16 Å². The van der Waals surface area contributed by atoms with E-state index in [-0.39, 0.29) is 17.5 Å². The zero-order valence-electron chi connectivity index (χ0n) is 20.4. The quantitative estimate of drug-likeness (QED) is 0.494. The molecule has 0 saturated carbocycles. The van der Waals surface area contributed by atoms with E-state index in [1.807, 2.05) is 52.8 Å². The van der Waals surface area contributed by atoms with Gasteiger partial charge in [0.25, 0.3) is 0 Å². The summed E-state index contributed by atoms with van der Waals surface area (Å²) in [5.41, 5.74) is 7.09. The number of anilines is 2. The van der Waals surface area contributed by atoms with Crippen LogP contribution in [0.25, 0.3) is 0 Å². The summed E-state index contributed by atoms with van der Waals surface area (Å²) in [4.78, 5) is 26.4. The molecule has 2 amide bonds. The monoisotopic (exact) mass is 442 g/mol. The molecule has 0 spiro atoms. The van der Waals surface area contributed by atoms with E-state index >= 15 is 0 Å². The summed E-state index contributed by atoms with van der Waals surface area (Å²) in [7, 11) is -2.19. The molecule has 1 unspecified atom stereocenters. The summed E-state index contributed by atoms with van der Waals surface area (Å²) in [5, 5.41) is 6.32. The Morgan fingerprint density at radius 2 is 1.32 bits per heavy atom. The van der Waals surface area contributed by atoms with E-state index < -0.39 is 7.26 Å². The van der Waals surface area contributed by atoms with Crippen molar-refractivity contribution in [1.29, 1.82) is 0 Å². The molecule has 0 fully saturated rings. The first-order valence-electron chi connectivity index (χ1n) is 11.3. The third-order valence-electron chi connectivity index (χ3n) is 6.90. The van der Waals surface area contributed by atoms with Crippen LogP contribution in [0.3, 0.4) is 0 Å². The average molecular weight is 443 g/mol. The molecule has 170 valence electrons. The molecule has 0 aliphatic carbocycles. The zero-order chi connectivity index (χ0) is 23.3. The van der Waals surface area contributed by atoms with Crippen LogP contribution >= 0.6 is 7.26 Å². The second kappa shape index (κ2) is 10.4. The Labute approximate surface area is 188 Å². The van der Waals surface area contributed by atoms with Gasteiger partial charge in [0.05, 0.1) is 0 Å². The molecule has 0 bridgehead atoms. The Balaban J connectivity index is 2.22. The van der Waals surface area contributed by atoms with Crippen molar-refractivity contribution in [2.45, 2.75) is 61.0 Å². The zero-order valence-corrected chi connectivity index (χ0v) is 21.4. The molecule has 31 heavy (non-hydrogen) atoms. The van der Waals surface area contributed by atoms with E-state index in [4.69, 9.17) is 0 Å². The molecular weight excluding hydrogens is 403 g/mol. The molecule has 0 aliphatic rings. The van der Waals surface area contributed by atoms with Gasteiger partial charge in [-0.25, -0.2) is 0 Å². The standard InChI is InChI=1S/C26H39N2O2P/c1-9-31(10-2,16-23(29)27-24-18(4)12-11-13-19(24)5)22(8)26(30)28-25-20(6)14-17(3)15-21(25)7/h11-15,22,31H,9-10,16H2,1-8H3,(H,27,29)(H,28,30). The Kier molecular flexibility index (Phi) is 8.42. The predicted octanol–water partition coefficient (Wildman–Crippen LogP) is 5.98. The summed E-state index contributed by atoms with van der Waals surface area (Å²) in [6, 6.07) is 10.2. The summed E-state index contributed by atoms with van der Waals surface area (Å²) in [6.07, 6.45) is 2.24. The molecule has 0 aliphatic heterocycles. The van der Waals surface area contributed by atoms with Crippen LogP contribution in [0.4, 0.5) is 11.4 Å². The van der Waals surface area contributed by atoms with Crippen molar-refractivity contribution in [3.05, 3.63) is 58.1 Å². The fourth-order valence-corrected chi connectivity index (χ4v) is 8.55. The minimum atomic E-state index is -2.19. The number of carbonyl (C=O) groups excluding carboxylic acids is 2. The number of carbonyl (C=O) groups is 2. The van der Waals surface area contributed by atoms with Crippen molar-refractivity contribution < 1.29 is 9.59 Å². The Bertz CT molecular complexity index is 921. The number of nitrogens with one attached hydrogen (secondary N) is 2. The third kappa shape index (κ3) is 5.74. The number of hydrogen-bond donors (Lipinski definition) is 2. The van der Waals surface area contributed by atoms with E-state index in [1.54, 1.807) is 0 Å². The van der Waals surface area contributed by atoms with Gasteiger partial charge in [-0.1, -0.05) is 0 Å². The fraction of sp³-hybridized carbons (Fsp3) is 0.462. The third-order valence-corrected chi connectivity index (χ3v) is 12.8. The summed E-state index contributed by atoms with van der Waals surface area (Å²) in [6.45, 7) is 16.4. The van der Waals surface area contributed by atoms with Crippen molar-refractivity contribution in [2.75, 3.05) is 29.1 Å². The van der Waals surface area contributed by atoms with Crippen molar-refractivity contribution in [3.8, 4) is 0 Å². The molecule has 0 radical (unpaired) electrons. The Hall–Kier alpha value is -2.19. The van der Waals surface area contributed by atoms with Crippen molar-refractivity contribution >= 4 is 30.5 Å². The second-order valence-electron chi connectivity index (χ2n) is 9.05. The van der Waals surface area contributed by atoms with Gasteiger partial charge >= 0.3 is 188 Å². The van der Waals surface area contributed by atoms with Crippen molar-refractivity contribution in [2.24, 2.45) is 0 Å². The van der Waals surface area contributed by atoms with Crippen LogP contribution in [0, 0.1) is 34.6 Å². The number of aryl methyl sites for hydroxylation is 5. The molecular formula is C26H39N2O2P. The number of para-hydroxylation sites is 1. The normalized spacial score (nSPS) is 12.9. The van der Waals surface area contributed by atoms with E-state index in [2.05, 4.69) is 43.5 Å². The predicted molar refractivity (Wildman–Crippen MR) is 138 cm³/mol. The molecule has 1 atom stereocenters. The molecule has 0 saturated heterocycles. The van der Waals surface area contributed by atoms with Crippen LogP contribution in [-0.2, 0) is 9.59 Å². The molecule has 2 rings (SSSR count). The van der Waals surface area contributed by atoms with Crippen molar-refractivity contribution in [1.82, 2.24) is 0 Å². The number of hydrogen-bond acceptors (Lipinski definition) is 2. The van der Waals surface area contributed by atoms with Crippen LogP contribution in [0.5, 0.6) is 0 Å². The van der Waals surface area contributed by atoms with Gasteiger partial charge in [-0.2, -0.15) is 0 Å². The summed E-state index contributed by atoms with van der Waals surface area (Å²) < 4.78 is 0. The fourth-order valence-electron chi connectivity index (χ4n) is 4.67. The molecule has 2 aromatic carbocycles. The number of benzene rings is 2. The first kappa shape index (κ1) is 25.1. The van der Waals surface area contributed by atoms with Gasteiger partial charge in [0.1, 0.15) is 0 Å². The van der Waals surface area contributed by atoms with E-state index in [1.165, 1.54) is 5.56 Å². The second-order valence-corrected chi connectivity index (χ2v) is 14.4. The molecule has 5 heteroatoms. The minimum absolute atomic E-state index is 0.0233. The van der Waals surface area contributed by atoms with Gasteiger partial charge in [-0.05, 0) is 0 Å². The SMILES string of the molecule is CC[PH](CC)(CC(=O)Nc1c(C)cccc1C)C(C)C(=O)Nc1c(C)cc(C)cc1C. The maximum absolute atomic E-state index is 13.3. The molecule has 0 heterocycles. The molecule has 0 aromatic heterocycles. The number of rotatable bonds is 8. The van der Waals surface area contributed by atoms with Gasteiger partial charge in [-0.15, -0.1) is 0 Å². The van der Waals surface area contributed by atoms with Crippen molar-refractivity contribution in [3.63, 3.8) is 0 Å². The molecule has 4 nitrogen and oxygen atoms in total. The van der Waals surface area contributed by atoms with Gasteiger partial charge in [0.2, 0.25) is 0 Å². The van der Waals surface area contributed by atoms with Crippen LogP contribution in [0.1, 0.15) is 48.6 Å².